The topological polar surface area (TPSA) is 58.0 Å². The lowest BCUT2D eigenvalue weighted by molar-refractivity contribution is 0.300. The summed E-state index contributed by atoms with van der Waals surface area (Å²) in [5.74, 6) is 0.757. The molecule has 4 nitrogen and oxygen atoms in total. The Morgan fingerprint density at radius 1 is 1.64 bits per heavy atom. The zero-order valence-corrected chi connectivity index (χ0v) is 10.4. The van der Waals surface area contributed by atoms with Gasteiger partial charge in [-0.3, -0.25) is 0 Å². The van der Waals surface area contributed by atoms with Crippen LogP contribution in [0.5, 0.6) is 0 Å². The smallest absolute Gasteiger partial charge is 0.144 e. The van der Waals surface area contributed by atoms with Crippen LogP contribution < -0.4 is 5.32 Å². The van der Waals surface area contributed by atoms with Gasteiger partial charge in [0.15, 0.2) is 0 Å². The lowest BCUT2D eigenvalue weighted by Crippen LogP contribution is -2.04. The number of aromatic nitrogens is 2. The highest BCUT2D eigenvalue weighted by molar-refractivity contribution is 9.10. The van der Waals surface area contributed by atoms with Gasteiger partial charge in [0.1, 0.15) is 17.2 Å². The summed E-state index contributed by atoms with van der Waals surface area (Å²) in [5, 5.41) is 12.8. The zero-order valence-electron chi connectivity index (χ0n) is 7.99. The van der Waals surface area contributed by atoms with Crippen molar-refractivity contribution in [3.8, 4) is 0 Å². The van der Waals surface area contributed by atoms with Gasteiger partial charge < -0.3 is 10.4 Å². The summed E-state index contributed by atoms with van der Waals surface area (Å²) in [5.41, 5.74) is 0. The Kier molecular flexibility index (Phi) is 4.64. The Morgan fingerprint density at radius 3 is 2.93 bits per heavy atom. The molecule has 1 rings (SSSR count). The van der Waals surface area contributed by atoms with E-state index in [1.807, 2.05) is 6.92 Å². The minimum absolute atomic E-state index is 0.130. The van der Waals surface area contributed by atoms with Crippen LogP contribution in [0.25, 0.3) is 0 Å². The summed E-state index contributed by atoms with van der Waals surface area (Å²) in [7, 11) is 1.80. The first-order chi connectivity index (χ1) is 6.69. The van der Waals surface area contributed by atoms with Gasteiger partial charge in [0.2, 0.25) is 0 Å². The molecule has 1 atom stereocenters. The van der Waals surface area contributed by atoms with Crippen LogP contribution in [-0.4, -0.2) is 34.0 Å². The summed E-state index contributed by atoms with van der Waals surface area (Å²) >= 11 is 4.92. The molecular formula is C8H12BrN3OS. The monoisotopic (exact) mass is 277 g/mol. The lowest BCUT2D eigenvalue weighted by atomic mass is 10.5. The van der Waals surface area contributed by atoms with Crippen LogP contribution in [0.15, 0.2) is 15.8 Å². The van der Waals surface area contributed by atoms with E-state index in [1.54, 1.807) is 7.05 Å². The van der Waals surface area contributed by atoms with E-state index in [0.717, 1.165) is 15.3 Å². The molecule has 0 bridgehead atoms. The fraction of sp³-hybridized carbons (Fsp3) is 0.500. The van der Waals surface area contributed by atoms with E-state index in [2.05, 4.69) is 31.2 Å². The molecular weight excluding hydrogens is 266 g/mol. The second-order valence-electron chi connectivity index (χ2n) is 2.70. The van der Waals surface area contributed by atoms with Gasteiger partial charge in [-0.2, -0.15) is 0 Å². The number of hydrogen-bond acceptors (Lipinski definition) is 5. The third-order valence-corrected chi connectivity index (χ3v) is 3.66. The number of rotatable bonds is 4. The maximum atomic E-state index is 8.92. The van der Waals surface area contributed by atoms with Crippen LogP contribution in [-0.2, 0) is 0 Å². The van der Waals surface area contributed by atoms with Crippen molar-refractivity contribution in [2.45, 2.75) is 17.2 Å². The molecule has 2 N–H and O–H groups in total. The molecule has 0 aliphatic heterocycles. The first-order valence-electron chi connectivity index (χ1n) is 4.14. The average Bonchev–Trinajstić information content (AvgIpc) is 2.21. The molecule has 14 heavy (non-hydrogen) atoms. The second-order valence-corrected chi connectivity index (χ2v) is 4.92. The van der Waals surface area contributed by atoms with E-state index >= 15 is 0 Å². The number of hydrogen-bond donors (Lipinski definition) is 2. The third kappa shape index (κ3) is 2.83. The molecule has 0 fully saturated rings. The molecule has 0 aliphatic rings. The van der Waals surface area contributed by atoms with Gasteiger partial charge in [0, 0.05) is 12.3 Å². The Bertz CT molecular complexity index is 311. The molecule has 6 heteroatoms. The quantitative estimate of drug-likeness (QED) is 0.649. The van der Waals surface area contributed by atoms with Gasteiger partial charge >= 0.3 is 0 Å². The van der Waals surface area contributed by atoms with Gasteiger partial charge in [-0.25, -0.2) is 9.97 Å². The fourth-order valence-corrected chi connectivity index (χ4v) is 2.29. The van der Waals surface area contributed by atoms with Gasteiger partial charge in [0.25, 0.3) is 0 Å². The SMILES string of the molecule is CNc1ncnc(SC(C)CO)c1Br. The number of thioether (sulfide) groups is 1. The number of anilines is 1. The highest BCUT2D eigenvalue weighted by atomic mass is 79.9. The first-order valence-corrected chi connectivity index (χ1v) is 5.82. The first kappa shape index (κ1) is 11.7. The molecule has 1 heterocycles. The van der Waals surface area contributed by atoms with E-state index < -0.39 is 0 Å². The van der Waals surface area contributed by atoms with Crippen molar-refractivity contribution in [1.29, 1.82) is 0 Å². The van der Waals surface area contributed by atoms with Crippen LogP contribution in [0, 0.1) is 0 Å². The molecule has 0 radical (unpaired) electrons. The number of nitrogens with one attached hydrogen (secondary N) is 1. The predicted molar refractivity (Wildman–Crippen MR) is 61.7 cm³/mol. The standard InChI is InChI=1S/C8H12BrN3OS/c1-5(3-13)14-8-6(9)7(10-2)11-4-12-8/h4-5,13H,3H2,1-2H3,(H,10,11,12). The highest BCUT2D eigenvalue weighted by Crippen LogP contribution is 2.31. The third-order valence-electron chi connectivity index (χ3n) is 1.56. The summed E-state index contributed by atoms with van der Waals surface area (Å²) in [6.45, 7) is 2.08. The van der Waals surface area contributed by atoms with Gasteiger partial charge in [-0.15, -0.1) is 0 Å². The number of halogens is 1. The summed E-state index contributed by atoms with van der Waals surface area (Å²) < 4.78 is 0.841. The molecule has 78 valence electrons. The highest BCUT2D eigenvalue weighted by Gasteiger charge is 2.11. The number of aliphatic hydroxyl groups excluding tert-OH is 1. The molecule has 0 amide bonds. The van der Waals surface area contributed by atoms with E-state index in [0.29, 0.717) is 0 Å². The van der Waals surface area contributed by atoms with Crippen molar-refractivity contribution >= 4 is 33.5 Å². The van der Waals surface area contributed by atoms with Gasteiger partial charge in [0.05, 0.1) is 11.1 Å². The molecule has 0 aromatic carbocycles. The molecule has 1 aromatic heterocycles. The summed E-state index contributed by atoms with van der Waals surface area (Å²) in [6, 6.07) is 0. The van der Waals surface area contributed by atoms with Crippen LogP contribution in [0.1, 0.15) is 6.92 Å². The van der Waals surface area contributed by atoms with Crippen molar-refractivity contribution in [3.63, 3.8) is 0 Å². The van der Waals surface area contributed by atoms with Crippen molar-refractivity contribution in [2.24, 2.45) is 0 Å². The Hall–Kier alpha value is -0.330. The Labute approximate surface area is 95.7 Å². The van der Waals surface area contributed by atoms with E-state index in [9.17, 15) is 0 Å². The number of aliphatic hydroxyl groups is 1. The Morgan fingerprint density at radius 2 is 2.36 bits per heavy atom. The number of nitrogens with zero attached hydrogens (tertiary/aromatic N) is 2. The van der Waals surface area contributed by atoms with Crippen LogP contribution in [0.3, 0.4) is 0 Å². The largest absolute Gasteiger partial charge is 0.395 e. The lowest BCUT2D eigenvalue weighted by Gasteiger charge is -2.09. The molecule has 1 aromatic rings. The van der Waals surface area contributed by atoms with Gasteiger partial charge in [-0.05, 0) is 15.9 Å². The summed E-state index contributed by atoms with van der Waals surface area (Å²) in [4.78, 5) is 8.17. The normalized spacial score (nSPS) is 12.6. The Balaban J connectivity index is 2.86. The molecule has 0 aliphatic carbocycles. The van der Waals surface area contributed by atoms with Crippen LogP contribution >= 0.6 is 27.7 Å². The molecule has 0 saturated heterocycles. The minimum atomic E-state index is 0.130. The molecule has 1 unspecified atom stereocenters. The van der Waals surface area contributed by atoms with E-state index in [4.69, 9.17) is 5.11 Å². The average molecular weight is 278 g/mol. The zero-order chi connectivity index (χ0) is 10.6. The van der Waals surface area contributed by atoms with Crippen molar-refractivity contribution in [3.05, 3.63) is 10.8 Å². The van der Waals surface area contributed by atoms with Crippen LogP contribution in [0.4, 0.5) is 5.82 Å². The molecule has 0 saturated carbocycles. The van der Waals surface area contributed by atoms with Crippen molar-refractivity contribution in [1.82, 2.24) is 9.97 Å². The van der Waals surface area contributed by atoms with Gasteiger partial charge in [-0.1, -0.05) is 18.7 Å². The summed E-state index contributed by atoms with van der Waals surface area (Å²) in [6.07, 6.45) is 1.50. The maximum Gasteiger partial charge on any atom is 0.144 e. The van der Waals surface area contributed by atoms with Crippen molar-refractivity contribution < 1.29 is 5.11 Å². The van der Waals surface area contributed by atoms with Crippen molar-refractivity contribution in [2.75, 3.05) is 19.0 Å². The fourth-order valence-electron chi connectivity index (χ4n) is 0.838. The molecule has 0 spiro atoms. The van der Waals surface area contributed by atoms with E-state index in [-0.39, 0.29) is 11.9 Å². The predicted octanol–water partition coefficient (Wildman–Crippen LogP) is 1.75. The van der Waals surface area contributed by atoms with Crippen LogP contribution in [0.2, 0.25) is 0 Å². The van der Waals surface area contributed by atoms with E-state index in [1.165, 1.54) is 18.1 Å². The second kappa shape index (κ2) is 5.53. The minimum Gasteiger partial charge on any atom is -0.395 e. The maximum absolute atomic E-state index is 8.92.